The average molecular weight is 324 g/mol. The zero-order chi connectivity index (χ0) is 13.0. The number of ether oxygens (including phenoxy) is 1. The molecule has 0 spiro atoms. The molecule has 0 fully saturated rings. The van der Waals surface area contributed by atoms with Gasteiger partial charge in [0.25, 0.3) is 0 Å². The van der Waals surface area contributed by atoms with Crippen LogP contribution in [0.3, 0.4) is 0 Å². The summed E-state index contributed by atoms with van der Waals surface area (Å²) in [5.74, 6) is 0.862. The standard InChI is InChI=1S/C15H12BrClO/c1-18-13-7-4-11(5-8-13)2-3-12-6-9-15(17)14(16)10-12/h2-10H,1H3/b3-2+. The first kappa shape index (κ1) is 13.2. The summed E-state index contributed by atoms with van der Waals surface area (Å²) in [6, 6.07) is 13.8. The van der Waals surface area contributed by atoms with E-state index in [1.165, 1.54) is 0 Å². The van der Waals surface area contributed by atoms with Gasteiger partial charge < -0.3 is 4.74 Å². The van der Waals surface area contributed by atoms with E-state index >= 15 is 0 Å². The second-order valence-corrected chi connectivity index (χ2v) is 5.04. The lowest BCUT2D eigenvalue weighted by Crippen LogP contribution is -1.81. The third-order valence-electron chi connectivity index (χ3n) is 2.53. The topological polar surface area (TPSA) is 9.23 Å². The van der Waals surface area contributed by atoms with Crippen LogP contribution in [0.4, 0.5) is 0 Å². The lowest BCUT2D eigenvalue weighted by Gasteiger charge is -2.00. The van der Waals surface area contributed by atoms with Crippen LogP contribution in [0.15, 0.2) is 46.9 Å². The summed E-state index contributed by atoms with van der Waals surface area (Å²) in [5, 5.41) is 0.719. The zero-order valence-corrected chi connectivity index (χ0v) is 12.2. The Labute approximate surface area is 120 Å². The lowest BCUT2D eigenvalue weighted by atomic mass is 10.1. The van der Waals surface area contributed by atoms with Crippen molar-refractivity contribution in [2.45, 2.75) is 0 Å². The molecule has 92 valence electrons. The predicted molar refractivity (Wildman–Crippen MR) is 81.1 cm³/mol. The molecule has 0 aromatic heterocycles. The van der Waals surface area contributed by atoms with Crippen LogP contribution >= 0.6 is 27.5 Å². The van der Waals surface area contributed by atoms with Gasteiger partial charge in [0.2, 0.25) is 0 Å². The molecular weight excluding hydrogens is 312 g/mol. The Bertz CT molecular complexity index is 561. The van der Waals surface area contributed by atoms with Crippen LogP contribution in [0.1, 0.15) is 11.1 Å². The maximum Gasteiger partial charge on any atom is 0.118 e. The van der Waals surface area contributed by atoms with Gasteiger partial charge in [0.05, 0.1) is 12.1 Å². The van der Waals surface area contributed by atoms with Crippen molar-refractivity contribution < 1.29 is 4.74 Å². The Morgan fingerprint density at radius 3 is 2.22 bits per heavy atom. The third kappa shape index (κ3) is 3.37. The van der Waals surface area contributed by atoms with Crippen LogP contribution in [0.2, 0.25) is 5.02 Å². The normalized spacial score (nSPS) is 10.8. The molecule has 2 aromatic carbocycles. The number of hydrogen-bond donors (Lipinski definition) is 0. The van der Waals surface area contributed by atoms with Crippen molar-refractivity contribution >= 4 is 39.7 Å². The summed E-state index contributed by atoms with van der Waals surface area (Å²) < 4.78 is 6.02. The molecule has 0 N–H and O–H groups in total. The summed E-state index contributed by atoms with van der Waals surface area (Å²) in [7, 11) is 1.66. The van der Waals surface area contributed by atoms with E-state index in [0.717, 1.165) is 26.4 Å². The minimum atomic E-state index is 0.719. The van der Waals surface area contributed by atoms with Gasteiger partial charge in [-0.25, -0.2) is 0 Å². The van der Waals surface area contributed by atoms with Crippen LogP contribution in [-0.2, 0) is 0 Å². The number of halogens is 2. The number of hydrogen-bond acceptors (Lipinski definition) is 1. The Hall–Kier alpha value is -1.25. The molecule has 2 aromatic rings. The average Bonchev–Trinajstić information content (AvgIpc) is 2.41. The van der Waals surface area contributed by atoms with Crippen molar-refractivity contribution in [2.24, 2.45) is 0 Å². The minimum Gasteiger partial charge on any atom is -0.497 e. The summed E-state index contributed by atoms with van der Waals surface area (Å²) in [5.41, 5.74) is 2.23. The van der Waals surface area contributed by atoms with Crippen molar-refractivity contribution in [1.29, 1.82) is 0 Å². The van der Waals surface area contributed by atoms with Crippen LogP contribution in [-0.4, -0.2) is 7.11 Å². The van der Waals surface area contributed by atoms with Crippen LogP contribution in [0.25, 0.3) is 12.2 Å². The fourth-order valence-corrected chi connectivity index (χ4v) is 2.04. The van der Waals surface area contributed by atoms with E-state index in [0.29, 0.717) is 0 Å². The van der Waals surface area contributed by atoms with Gasteiger partial charge in [-0.05, 0) is 51.3 Å². The van der Waals surface area contributed by atoms with E-state index in [2.05, 4.69) is 22.0 Å². The number of methoxy groups -OCH3 is 1. The van der Waals surface area contributed by atoms with Gasteiger partial charge in [0.1, 0.15) is 5.75 Å². The van der Waals surface area contributed by atoms with Gasteiger partial charge in [0.15, 0.2) is 0 Å². The van der Waals surface area contributed by atoms with E-state index < -0.39 is 0 Å². The monoisotopic (exact) mass is 322 g/mol. The van der Waals surface area contributed by atoms with Crippen molar-refractivity contribution in [1.82, 2.24) is 0 Å². The molecular formula is C15H12BrClO. The first-order valence-corrected chi connectivity index (χ1v) is 6.63. The molecule has 0 aliphatic carbocycles. The lowest BCUT2D eigenvalue weighted by molar-refractivity contribution is 0.415. The zero-order valence-electron chi connectivity index (χ0n) is 9.86. The molecule has 0 bridgehead atoms. The SMILES string of the molecule is COc1ccc(/C=C/c2ccc(Cl)c(Br)c2)cc1. The Morgan fingerprint density at radius 2 is 1.61 bits per heavy atom. The molecule has 18 heavy (non-hydrogen) atoms. The molecule has 3 heteroatoms. The smallest absolute Gasteiger partial charge is 0.118 e. The highest BCUT2D eigenvalue weighted by molar-refractivity contribution is 9.10. The summed E-state index contributed by atoms with van der Waals surface area (Å²) in [4.78, 5) is 0. The third-order valence-corrected chi connectivity index (χ3v) is 3.74. The largest absolute Gasteiger partial charge is 0.497 e. The number of rotatable bonds is 3. The predicted octanol–water partition coefficient (Wildman–Crippen LogP) is 5.28. The highest BCUT2D eigenvalue weighted by Crippen LogP contribution is 2.24. The molecule has 2 rings (SSSR count). The van der Waals surface area contributed by atoms with E-state index in [9.17, 15) is 0 Å². The molecule has 0 heterocycles. The summed E-state index contributed by atoms with van der Waals surface area (Å²) in [6.07, 6.45) is 4.10. The van der Waals surface area contributed by atoms with Gasteiger partial charge in [-0.3, -0.25) is 0 Å². The Balaban J connectivity index is 2.16. The van der Waals surface area contributed by atoms with E-state index in [-0.39, 0.29) is 0 Å². The van der Waals surface area contributed by atoms with E-state index in [1.807, 2.05) is 48.5 Å². The molecule has 0 saturated carbocycles. The molecule has 0 unspecified atom stereocenters. The molecule has 1 nitrogen and oxygen atoms in total. The molecule has 0 aliphatic rings. The summed E-state index contributed by atoms with van der Waals surface area (Å²) >= 11 is 9.36. The van der Waals surface area contributed by atoms with Crippen molar-refractivity contribution in [3.63, 3.8) is 0 Å². The maximum absolute atomic E-state index is 5.95. The minimum absolute atomic E-state index is 0.719. The van der Waals surface area contributed by atoms with Crippen LogP contribution in [0, 0.1) is 0 Å². The second kappa shape index (κ2) is 6.07. The molecule has 0 aliphatic heterocycles. The molecule has 0 atom stereocenters. The highest BCUT2D eigenvalue weighted by atomic mass is 79.9. The first-order valence-electron chi connectivity index (χ1n) is 5.46. The van der Waals surface area contributed by atoms with Crippen molar-refractivity contribution in [3.8, 4) is 5.75 Å². The Morgan fingerprint density at radius 1 is 1.00 bits per heavy atom. The van der Waals surface area contributed by atoms with Crippen molar-refractivity contribution in [2.75, 3.05) is 7.11 Å². The van der Waals surface area contributed by atoms with Crippen molar-refractivity contribution in [3.05, 3.63) is 63.1 Å². The summed E-state index contributed by atoms with van der Waals surface area (Å²) in [6.45, 7) is 0. The maximum atomic E-state index is 5.95. The first-order chi connectivity index (χ1) is 8.69. The molecule has 0 radical (unpaired) electrons. The number of benzene rings is 2. The van der Waals surface area contributed by atoms with Gasteiger partial charge in [-0.15, -0.1) is 0 Å². The van der Waals surface area contributed by atoms with Gasteiger partial charge in [-0.1, -0.05) is 42.0 Å². The molecule has 0 amide bonds. The van der Waals surface area contributed by atoms with Gasteiger partial charge in [-0.2, -0.15) is 0 Å². The second-order valence-electron chi connectivity index (χ2n) is 3.78. The quantitative estimate of drug-likeness (QED) is 0.698. The fourth-order valence-electron chi connectivity index (χ4n) is 1.52. The molecule has 0 saturated heterocycles. The van der Waals surface area contributed by atoms with Gasteiger partial charge >= 0.3 is 0 Å². The van der Waals surface area contributed by atoms with Crippen LogP contribution in [0.5, 0.6) is 5.75 Å². The van der Waals surface area contributed by atoms with E-state index in [4.69, 9.17) is 16.3 Å². The van der Waals surface area contributed by atoms with Gasteiger partial charge in [0, 0.05) is 4.47 Å². The Kier molecular flexibility index (Phi) is 4.45. The van der Waals surface area contributed by atoms with E-state index in [1.54, 1.807) is 7.11 Å². The fraction of sp³-hybridized carbons (Fsp3) is 0.0667. The van der Waals surface area contributed by atoms with Crippen LogP contribution < -0.4 is 4.74 Å². The highest BCUT2D eigenvalue weighted by Gasteiger charge is 1.96.